The molecule has 1 aliphatic rings. The number of fused-ring (bicyclic) bond motifs is 1. The first-order valence-corrected chi connectivity index (χ1v) is 13.5. The van der Waals surface area contributed by atoms with Crippen LogP contribution in [0.3, 0.4) is 0 Å². The normalized spacial score (nSPS) is 14.2. The molecule has 1 atom stereocenters. The van der Waals surface area contributed by atoms with Crippen molar-refractivity contribution in [3.8, 4) is 17.0 Å². The zero-order valence-electron chi connectivity index (χ0n) is 23.3. The molecule has 4 N–H and O–H groups in total. The summed E-state index contributed by atoms with van der Waals surface area (Å²) in [6, 6.07) is 11.5. The molecule has 0 bridgehead atoms. The number of benzene rings is 2. The van der Waals surface area contributed by atoms with Gasteiger partial charge in [-0.25, -0.2) is 14.8 Å². The van der Waals surface area contributed by atoms with Crippen molar-refractivity contribution in [3.63, 3.8) is 0 Å². The van der Waals surface area contributed by atoms with Gasteiger partial charge in [-0.15, -0.1) is 0 Å². The number of piperazine rings is 1. The number of imidazole rings is 1. The summed E-state index contributed by atoms with van der Waals surface area (Å²) in [5.74, 6) is 0.502. The van der Waals surface area contributed by atoms with Gasteiger partial charge < -0.3 is 30.9 Å². The molecule has 3 heterocycles. The molecule has 1 aliphatic heterocycles. The first-order chi connectivity index (χ1) is 20.2. The number of hydrogen-bond donors (Lipinski definition) is 3. The van der Waals surface area contributed by atoms with E-state index in [0.717, 1.165) is 22.5 Å². The number of halogens is 2. The number of nitrogens with two attached hydrogens (primary N) is 1. The summed E-state index contributed by atoms with van der Waals surface area (Å²) in [7, 11) is 0. The fourth-order valence-electron chi connectivity index (χ4n) is 4.79. The number of carbonyl (C=O) groups is 2. The van der Waals surface area contributed by atoms with E-state index in [-0.39, 0.29) is 23.7 Å². The molecule has 42 heavy (non-hydrogen) atoms. The van der Waals surface area contributed by atoms with Crippen LogP contribution < -0.4 is 21.1 Å². The molecule has 2 aromatic heterocycles. The molecular formula is C29H32F2N8O3. The molecule has 0 aliphatic carbocycles. The number of urea groups is 1. The largest absolute Gasteiger partial charge is 0.435 e. The Kier molecular flexibility index (Phi) is 8.48. The van der Waals surface area contributed by atoms with Crippen molar-refractivity contribution in [2.75, 3.05) is 38.0 Å². The Bertz CT molecular complexity index is 1570. The molecule has 1 saturated heterocycles. The lowest BCUT2D eigenvalue weighted by Gasteiger charge is -2.35. The fourth-order valence-corrected chi connectivity index (χ4v) is 4.79. The van der Waals surface area contributed by atoms with E-state index in [0.29, 0.717) is 49.8 Å². The number of aromatic nitrogens is 3. The second-order valence-electron chi connectivity index (χ2n) is 10.1. The molecule has 1 unspecified atom stereocenters. The number of anilines is 2. The van der Waals surface area contributed by atoms with Crippen LogP contribution in [0.2, 0.25) is 0 Å². The molecule has 3 amide bonds. The van der Waals surface area contributed by atoms with Crippen molar-refractivity contribution in [2.24, 2.45) is 5.73 Å². The highest BCUT2D eigenvalue weighted by atomic mass is 19.3. The van der Waals surface area contributed by atoms with Gasteiger partial charge in [-0.05, 0) is 61.9 Å². The number of rotatable bonds is 8. The Morgan fingerprint density at radius 3 is 2.43 bits per heavy atom. The van der Waals surface area contributed by atoms with E-state index in [1.54, 1.807) is 46.6 Å². The average Bonchev–Trinajstić information content (AvgIpc) is 3.41. The third kappa shape index (κ3) is 6.41. The predicted molar refractivity (Wildman–Crippen MR) is 154 cm³/mol. The van der Waals surface area contributed by atoms with Crippen LogP contribution in [-0.4, -0.2) is 81.5 Å². The summed E-state index contributed by atoms with van der Waals surface area (Å²) in [6.45, 7) is 3.00. The Morgan fingerprint density at radius 1 is 1.05 bits per heavy atom. The first-order valence-electron chi connectivity index (χ1n) is 13.5. The van der Waals surface area contributed by atoms with Crippen molar-refractivity contribution in [2.45, 2.75) is 26.5 Å². The topological polar surface area (TPSA) is 130 Å². The van der Waals surface area contributed by atoms with Crippen molar-refractivity contribution < 1.29 is 23.1 Å². The highest BCUT2D eigenvalue weighted by molar-refractivity contribution is 5.96. The monoisotopic (exact) mass is 578 g/mol. The second kappa shape index (κ2) is 12.4. The molecule has 0 spiro atoms. The SMILES string of the molecule is Cc1cc(Nc2nccn3c(-c4ccc(OC(F)F)cc4)cnc23)ccc1C(=O)N1CCN(C(=O)NCC(C)N)CC1. The smallest absolute Gasteiger partial charge is 0.387 e. The first kappa shape index (κ1) is 28.7. The van der Waals surface area contributed by atoms with Gasteiger partial charge in [-0.1, -0.05) is 0 Å². The molecule has 0 saturated carbocycles. The van der Waals surface area contributed by atoms with Crippen LogP contribution >= 0.6 is 0 Å². The summed E-state index contributed by atoms with van der Waals surface area (Å²) in [6.07, 6.45) is 5.08. The summed E-state index contributed by atoms with van der Waals surface area (Å²) in [5.41, 5.74) is 9.92. The quantitative estimate of drug-likeness (QED) is 0.290. The average molecular weight is 579 g/mol. The van der Waals surface area contributed by atoms with Gasteiger partial charge >= 0.3 is 12.6 Å². The lowest BCUT2D eigenvalue weighted by atomic mass is 10.1. The lowest BCUT2D eigenvalue weighted by Crippen LogP contribution is -2.54. The molecule has 1 fully saturated rings. The van der Waals surface area contributed by atoms with Crippen LogP contribution in [0.1, 0.15) is 22.8 Å². The van der Waals surface area contributed by atoms with Crippen LogP contribution in [0.4, 0.5) is 25.1 Å². The van der Waals surface area contributed by atoms with Gasteiger partial charge in [0.25, 0.3) is 5.91 Å². The highest BCUT2D eigenvalue weighted by Crippen LogP contribution is 2.28. The minimum absolute atomic E-state index is 0.0755. The van der Waals surface area contributed by atoms with Crippen LogP contribution in [0, 0.1) is 6.92 Å². The van der Waals surface area contributed by atoms with E-state index in [4.69, 9.17) is 5.73 Å². The highest BCUT2D eigenvalue weighted by Gasteiger charge is 2.26. The number of aryl methyl sites for hydroxylation is 1. The molecular weight excluding hydrogens is 546 g/mol. The van der Waals surface area contributed by atoms with Crippen LogP contribution in [-0.2, 0) is 0 Å². The maximum atomic E-state index is 13.3. The molecule has 220 valence electrons. The van der Waals surface area contributed by atoms with Crippen LogP contribution in [0.25, 0.3) is 16.9 Å². The molecule has 11 nitrogen and oxygen atoms in total. The van der Waals surface area contributed by atoms with Gasteiger partial charge in [-0.2, -0.15) is 8.78 Å². The summed E-state index contributed by atoms with van der Waals surface area (Å²) in [5, 5.41) is 6.09. The number of nitrogens with one attached hydrogen (secondary N) is 2. The molecule has 13 heteroatoms. The van der Waals surface area contributed by atoms with Gasteiger partial charge in [0.05, 0.1) is 11.9 Å². The van der Waals surface area contributed by atoms with E-state index >= 15 is 0 Å². The van der Waals surface area contributed by atoms with Gasteiger partial charge in [0.1, 0.15) is 5.75 Å². The zero-order valence-corrected chi connectivity index (χ0v) is 23.3. The van der Waals surface area contributed by atoms with E-state index in [1.807, 2.05) is 30.4 Å². The van der Waals surface area contributed by atoms with Gasteiger partial charge in [0.2, 0.25) is 0 Å². The third-order valence-electron chi connectivity index (χ3n) is 6.95. The number of amides is 3. The van der Waals surface area contributed by atoms with Crippen molar-refractivity contribution in [3.05, 3.63) is 72.2 Å². The number of ether oxygens (including phenoxy) is 1. The van der Waals surface area contributed by atoms with Gasteiger partial charge in [0.15, 0.2) is 11.5 Å². The number of carbonyl (C=O) groups excluding carboxylic acids is 2. The minimum atomic E-state index is -2.89. The number of hydrogen-bond acceptors (Lipinski definition) is 7. The zero-order chi connectivity index (χ0) is 29.8. The van der Waals surface area contributed by atoms with Crippen LogP contribution in [0.15, 0.2) is 61.1 Å². The summed E-state index contributed by atoms with van der Waals surface area (Å²) >= 11 is 0. The fraction of sp³-hybridized carbons (Fsp3) is 0.310. The summed E-state index contributed by atoms with van der Waals surface area (Å²) in [4.78, 5) is 38.0. The predicted octanol–water partition coefficient (Wildman–Crippen LogP) is 3.86. The maximum Gasteiger partial charge on any atom is 0.387 e. The Labute approximate surface area is 241 Å². The molecule has 5 rings (SSSR count). The van der Waals surface area contributed by atoms with E-state index in [1.165, 1.54) is 12.1 Å². The van der Waals surface area contributed by atoms with Crippen molar-refractivity contribution in [1.29, 1.82) is 0 Å². The molecule has 4 aromatic rings. The number of alkyl halides is 2. The number of nitrogens with zero attached hydrogens (tertiary/aromatic N) is 5. The van der Waals surface area contributed by atoms with Gasteiger partial charge in [0, 0.05) is 68.0 Å². The van der Waals surface area contributed by atoms with Gasteiger partial charge in [-0.3, -0.25) is 9.20 Å². The standard InChI is InChI=1S/C29H32F2N8O3/c1-18-15-21(5-8-23(18)27(40)37-11-13-38(14-12-37)29(41)35-16-19(2)32)36-25-26-34-17-24(39(26)10-9-33-25)20-3-6-22(7-4-20)42-28(30)31/h3-10,15,17,19,28H,11-14,16,32H2,1-2H3,(H,33,36)(H,35,41). The Morgan fingerprint density at radius 2 is 1.76 bits per heavy atom. The van der Waals surface area contributed by atoms with Crippen molar-refractivity contribution >= 4 is 29.1 Å². The second-order valence-corrected chi connectivity index (χ2v) is 10.1. The molecule has 2 aromatic carbocycles. The Balaban J connectivity index is 1.25. The van der Waals surface area contributed by atoms with E-state index in [2.05, 4.69) is 25.3 Å². The Hall–Kier alpha value is -4.78. The van der Waals surface area contributed by atoms with Crippen LogP contribution in [0.5, 0.6) is 5.75 Å². The van der Waals surface area contributed by atoms with Crippen molar-refractivity contribution in [1.82, 2.24) is 29.5 Å². The molecule has 0 radical (unpaired) electrons. The lowest BCUT2D eigenvalue weighted by molar-refractivity contribution is -0.0498. The third-order valence-corrected chi connectivity index (χ3v) is 6.95. The summed E-state index contributed by atoms with van der Waals surface area (Å²) < 4.78 is 31.3. The maximum absolute atomic E-state index is 13.3. The van der Waals surface area contributed by atoms with E-state index < -0.39 is 6.61 Å². The van der Waals surface area contributed by atoms with E-state index in [9.17, 15) is 18.4 Å². The minimum Gasteiger partial charge on any atom is -0.435 e.